The third kappa shape index (κ3) is 3.37. The molecule has 29 heavy (non-hydrogen) atoms. The minimum absolute atomic E-state index is 0.161. The van der Waals surface area contributed by atoms with Gasteiger partial charge in [0.1, 0.15) is 36.6 Å². The van der Waals surface area contributed by atoms with E-state index in [1.807, 2.05) is 0 Å². The fourth-order valence-electron chi connectivity index (χ4n) is 6.33. The molecule has 6 fully saturated rings. The number of ether oxygens (including phenoxy) is 7. The van der Waals surface area contributed by atoms with Gasteiger partial charge >= 0.3 is 0 Å². The molecule has 2 spiro atoms. The quantitative estimate of drug-likeness (QED) is 0.608. The van der Waals surface area contributed by atoms with Crippen molar-refractivity contribution in [2.45, 2.75) is 112 Å². The van der Waals surface area contributed by atoms with E-state index < -0.39 is 11.6 Å². The first-order valence-electron chi connectivity index (χ1n) is 11.8. The van der Waals surface area contributed by atoms with E-state index in [4.69, 9.17) is 33.2 Å². The van der Waals surface area contributed by atoms with E-state index in [-0.39, 0.29) is 36.6 Å². The summed E-state index contributed by atoms with van der Waals surface area (Å²) in [6.45, 7) is 2.22. The topological polar surface area (TPSA) is 64.6 Å². The van der Waals surface area contributed by atoms with Gasteiger partial charge in [0.15, 0.2) is 11.6 Å². The molecule has 7 nitrogen and oxygen atoms in total. The molecule has 6 atom stereocenters. The fraction of sp³-hybridized carbons (Fsp3) is 1.00. The highest BCUT2D eigenvalue weighted by molar-refractivity contribution is 5.10. The summed E-state index contributed by atoms with van der Waals surface area (Å²) in [6, 6.07) is 0. The standard InChI is InChI=1S/C22H34O7/c1-3-7-21(8-4-1)26-17-15-16(25-14-12-23-11-13-24-15)18-20(19(17)28-21)29-22(27-18)9-5-2-6-10-22/h15-20H,1-14H2/t15-,16-,17+,18+,19+,20+/m1/s1. The van der Waals surface area contributed by atoms with E-state index in [0.717, 1.165) is 51.4 Å². The smallest absolute Gasteiger partial charge is 0.169 e. The van der Waals surface area contributed by atoms with Crippen LogP contribution in [0.15, 0.2) is 0 Å². The van der Waals surface area contributed by atoms with E-state index in [0.29, 0.717) is 26.4 Å². The van der Waals surface area contributed by atoms with Gasteiger partial charge in [-0.3, -0.25) is 0 Å². The van der Waals surface area contributed by atoms with Crippen molar-refractivity contribution in [2.24, 2.45) is 0 Å². The zero-order chi connectivity index (χ0) is 19.3. The molecule has 0 aromatic rings. The van der Waals surface area contributed by atoms with Crippen LogP contribution in [0.2, 0.25) is 0 Å². The zero-order valence-corrected chi connectivity index (χ0v) is 17.2. The normalized spacial score (nSPS) is 46.3. The maximum absolute atomic E-state index is 6.70. The predicted octanol–water partition coefficient (Wildman–Crippen LogP) is 2.69. The molecule has 6 aliphatic rings. The van der Waals surface area contributed by atoms with Gasteiger partial charge in [-0.1, -0.05) is 12.8 Å². The average molecular weight is 411 g/mol. The second kappa shape index (κ2) is 7.69. The van der Waals surface area contributed by atoms with Gasteiger partial charge in [-0.15, -0.1) is 0 Å². The van der Waals surface area contributed by atoms with Crippen LogP contribution in [0.1, 0.15) is 64.2 Å². The maximum atomic E-state index is 6.70. The molecular formula is C22H34O7. The molecule has 3 heterocycles. The van der Waals surface area contributed by atoms with Gasteiger partial charge in [-0.2, -0.15) is 0 Å². The Morgan fingerprint density at radius 2 is 0.793 bits per heavy atom. The van der Waals surface area contributed by atoms with Crippen LogP contribution in [0, 0.1) is 0 Å². The van der Waals surface area contributed by atoms with Gasteiger partial charge in [0.2, 0.25) is 0 Å². The van der Waals surface area contributed by atoms with Crippen LogP contribution >= 0.6 is 0 Å². The Balaban J connectivity index is 1.33. The number of hydrogen-bond donors (Lipinski definition) is 0. The van der Waals surface area contributed by atoms with Crippen molar-refractivity contribution < 1.29 is 33.2 Å². The molecule has 0 bridgehead atoms. The number of hydrogen-bond acceptors (Lipinski definition) is 7. The largest absolute Gasteiger partial charge is 0.377 e. The summed E-state index contributed by atoms with van der Waals surface area (Å²) < 4.78 is 45.0. The minimum Gasteiger partial charge on any atom is -0.377 e. The lowest BCUT2D eigenvalue weighted by Crippen LogP contribution is -2.63. The Kier molecular flexibility index (Phi) is 5.15. The number of rotatable bonds is 0. The van der Waals surface area contributed by atoms with Gasteiger partial charge in [-0.05, 0) is 25.7 Å². The van der Waals surface area contributed by atoms with E-state index in [1.54, 1.807) is 0 Å². The molecular weight excluding hydrogens is 376 g/mol. The van der Waals surface area contributed by atoms with E-state index >= 15 is 0 Å². The van der Waals surface area contributed by atoms with Crippen LogP contribution in [-0.2, 0) is 33.2 Å². The van der Waals surface area contributed by atoms with Gasteiger partial charge in [0, 0.05) is 25.7 Å². The zero-order valence-electron chi connectivity index (χ0n) is 17.2. The second-order valence-electron chi connectivity index (χ2n) is 9.56. The fourth-order valence-corrected chi connectivity index (χ4v) is 6.33. The van der Waals surface area contributed by atoms with E-state index in [1.165, 1.54) is 12.8 Å². The van der Waals surface area contributed by atoms with Crippen molar-refractivity contribution in [3.8, 4) is 0 Å². The summed E-state index contributed by atoms with van der Waals surface area (Å²) in [7, 11) is 0. The molecule has 3 aliphatic heterocycles. The lowest BCUT2D eigenvalue weighted by atomic mass is 9.84. The molecule has 0 amide bonds. The van der Waals surface area contributed by atoms with E-state index in [9.17, 15) is 0 Å². The molecule has 3 aliphatic carbocycles. The molecule has 3 saturated carbocycles. The van der Waals surface area contributed by atoms with Crippen LogP contribution in [-0.4, -0.2) is 74.6 Å². The number of fused-ring (bicyclic) bond motifs is 6. The summed E-state index contributed by atoms with van der Waals surface area (Å²) >= 11 is 0. The first kappa shape index (κ1) is 19.4. The van der Waals surface area contributed by atoms with Crippen LogP contribution in [0.4, 0.5) is 0 Å². The highest BCUT2D eigenvalue weighted by Gasteiger charge is 2.67. The van der Waals surface area contributed by atoms with Gasteiger partial charge in [-0.25, -0.2) is 0 Å². The molecule has 164 valence electrons. The SMILES string of the molecule is C1CCC2(CC1)O[C@@H]1[C@H]3OC4(CCCCC4)O[C@H]3[C@@H]3OCCOCCO[C@H]3[C@@H]1O2. The van der Waals surface area contributed by atoms with Gasteiger partial charge in [0.25, 0.3) is 0 Å². The van der Waals surface area contributed by atoms with Crippen LogP contribution < -0.4 is 0 Å². The molecule has 0 unspecified atom stereocenters. The molecule has 0 aromatic heterocycles. The minimum atomic E-state index is -0.489. The maximum Gasteiger partial charge on any atom is 0.169 e. The summed E-state index contributed by atoms with van der Waals surface area (Å²) in [5.41, 5.74) is 0. The molecule has 0 N–H and O–H groups in total. The Morgan fingerprint density at radius 1 is 0.414 bits per heavy atom. The Labute approximate surface area is 172 Å². The summed E-state index contributed by atoms with van der Waals surface area (Å²) in [6.07, 6.45) is 9.77. The van der Waals surface area contributed by atoms with Crippen LogP contribution in [0.25, 0.3) is 0 Å². The summed E-state index contributed by atoms with van der Waals surface area (Å²) in [4.78, 5) is 0. The van der Waals surface area contributed by atoms with Crippen molar-refractivity contribution >= 4 is 0 Å². The van der Waals surface area contributed by atoms with Crippen LogP contribution in [0.5, 0.6) is 0 Å². The third-order valence-corrected chi connectivity index (χ3v) is 7.65. The Morgan fingerprint density at radius 3 is 1.21 bits per heavy atom. The molecule has 6 rings (SSSR count). The lowest BCUT2D eigenvalue weighted by molar-refractivity contribution is -0.229. The molecule has 0 aromatic carbocycles. The first-order valence-corrected chi connectivity index (χ1v) is 11.8. The van der Waals surface area contributed by atoms with Crippen molar-refractivity contribution in [2.75, 3.05) is 26.4 Å². The third-order valence-electron chi connectivity index (χ3n) is 7.65. The Hall–Kier alpha value is -0.280. The van der Waals surface area contributed by atoms with Gasteiger partial charge < -0.3 is 33.2 Å². The summed E-state index contributed by atoms with van der Waals surface area (Å²) in [5, 5.41) is 0. The molecule has 3 saturated heterocycles. The van der Waals surface area contributed by atoms with Crippen molar-refractivity contribution in [1.29, 1.82) is 0 Å². The second-order valence-corrected chi connectivity index (χ2v) is 9.56. The predicted molar refractivity (Wildman–Crippen MR) is 101 cm³/mol. The summed E-state index contributed by atoms with van der Waals surface area (Å²) in [5.74, 6) is -0.978. The highest BCUT2D eigenvalue weighted by Crippen LogP contribution is 2.52. The highest BCUT2D eigenvalue weighted by atomic mass is 16.8. The van der Waals surface area contributed by atoms with Crippen molar-refractivity contribution in [1.82, 2.24) is 0 Å². The Bertz CT molecular complexity index is 536. The molecule has 7 heteroatoms. The van der Waals surface area contributed by atoms with Crippen LogP contribution in [0.3, 0.4) is 0 Å². The van der Waals surface area contributed by atoms with Crippen molar-refractivity contribution in [3.63, 3.8) is 0 Å². The average Bonchev–Trinajstić information content (AvgIpc) is 3.30. The monoisotopic (exact) mass is 410 g/mol. The van der Waals surface area contributed by atoms with Crippen molar-refractivity contribution in [3.05, 3.63) is 0 Å². The van der Waals surface area contributed by atoms with Gasteiger partial charge in [0.05, 0.1) is 26.4 Å². The molecule has 0 radical (unpaired) electrons. The first-order chi connectivity index (χ1) is 14.3. The lowest BCUT2D eigenvalue weighted by Gasteiger charge is -2.42. The van der Waals surface area contributed by atoms with E-state index in [2.05, 4.69) is 0 Å².